The Labute approximate surface area is 180 Å². The predicted octanol–water partition coefficient (Wildman–Crippen LogP) is 7.68. The summed E-state index contributed by atoms with van der Waals surface area (Å²) in [6, 6.07) is 31.6. The van der Waals surface area contributed by atoms with Crippen LogP contribution in [0.1, 0.15) is 13.3 Å². The van der Waals surface area contributed by atoms with Gasteiger partial charge in [0, 0.05) is 28.4 Å². The Morgan fingerprint density at radius 3 is 2.35 bits per heavy atom. The van der Waals surface area contributed by atoms with Gasteiger partial charge in [-0.15, -0.1) is 0 Å². The Morgan fingerprint density at radius 1 is 0.742 bits per heavy atom. The van der Waals surface area contributed by atoms with E-state index in [1.807, 2.05) is 18.2 Å². The number of aryl methyl sites for hydroxylation is 1. The maximum Gasteiger partial charge on any atom is 0.143 e. The fraction of sp³-hybridized carbons (Fsp3) is 0.107. The van der Waals surface area contributed by atoms with Crippen LogP contribution in [0.25, 0.3) is 55.5 Å². The lowest BCUT2D eigenvalue weighted by molar-refractivity contribution is 0.670. The van der Waals surface area contributed by atoms with Gasteiger partial charge in [0.25, 0.3) is 0 Å². The van der Waals surface area contributed by atoms with Gasteiger partial charge in [0.15, 0.2) is 0 Å². The number of furan rings is 1. The molecule has 31 heavy (non-hydrogen) atoms. The van der Waals surface area contributed by atoms with Gasteiger partial charge in [-0.1, -0.05) is 79.7 Å². The third-order valence-electron chi connectivity index (χ3n) is 5.96. The van der Waals surface area contributed by atoms with Gasteiger partial charge >= 0.3 is 0 Å². The number of para-hydroxylation sites is 4. The summed E-state index contributed by atoms with van der Waals surface area (Å²) in [5.74, 6) is 1.02. The molecule has 0 unspecified atom stereocenters. The molecule has 0 fully saturated rings. The molecule has 0 spiro atoms. The summed E-state index contributed by atoms with van der Waals surface area (Å²) in [5, 5.41) is 2.31. The lowest BCUT2D eigenvalue weighted by Crippen LogP contribution is -1.99. The summed E-state index contributed by atoms with van der Waals surface area (Å²) in [6.07, 6.45) is 1.07. The molecule has 2 aromatic heterocycles. The minimum Gasteiger partial charge on any atom is -0.455 e. The number of rotatable bonds is 4. The maximum atomic E-state index is 6.23. The zero-order valence-corrected chi connectivity index (χ0v) is 17.4. The molecule has 150 valence electrons. The van der Waals surface area contributed by atoms with E-state index in [2.05, 4.69) is 84.3 Å². The highest BCUT2D eigenvalue weighted by Gasteiger charge is 2.14. The highest BCUT2D eigenvalue weighted by atomic mass is 16.3. The Morgan fingerprint density at radius 2 is 1.48 bits per heavy atom. The number of aromatic nitrogens is 2. The summed E-state index contributed by atoms with van der Waals surface area (Å²) in [5.41, 5.74) is 7.49. The van der Waals surface area contributed by atoms with Crippen molar-refractivity contribution in [2.45, 2.75) is 19.9 Å². The molecule has 0 N–H and O–H groups in total. The van der Waals surface area contributed by atoms with Crippen LogP contribution >= 0.6 is 0 Å². The molecule has 3 heteroatoms. The summed E-state index contributed by atoms with van der Waals surface area (Å²) in [4.78, 5) is 4.93. The standard InChI is InChI=1S/C28H22N2O/c1-2-18-30-25-12-5-4-11-24(25)29-28(30)20-16-14-19(15-17-20)21-9-7-10-23-22-8-3-6-13-26(22)31-27(21)23/h3-17H,2,18H2,1H3. The number of imidazole rings is 1. The number of benzene rings is 4. The largest absolute Gasteiger partial charge is 0.455 e. The second-order valence-electron chi connectivity index (χ2n) is 7.93. The van der Waals surface area contributed by atoms with Gasteiger partial charge in [0.1, 0.15) is 17.0 Å². The molecule has 6 aromatic rings. The average Bonchev–Trinajstić information content (AvgIpc) is 3.38. The first-order valence-electron chi connectivity index (χ1n) is 10.8. The summed E-state index contributed by atoms with van der Waals surface area (Å²) in [6.45, 7) is 3.16. The molecule has 0 bridgehead atoms. The van der Waals surface area contributed by atoms with Crippen molar-refractivity contribution in [2.24, 2.45) is 0 Å². The second kappa shape index (κ2) is 7.13. The fourth-order valence-corrected chi connectivity index (χ4v) is 4.52. The van der Waals surface area contributed by atoms with E-state index in [-0.39, 0.29) is 0 Å². The molecule has 0 radical (unpaired) electrons. The zero-order chi connectivity index (χ0) is 20.8. The maximum absolute atomic E-state index is 6.23. The Hall–Kier alpha value is -3.85. The van der Waals surface area contributed by atoms with Crippen LogP contribution in [-0.4, -0.2) is 9.55 Å². The molecule has 0 aliphatic heterocycles. The summed E-state index contributed by atoms with van der Waals surface area (Å²) >= 11 is 0. The topological polar surface area (TPSA) is 31.0 Å². The van der Waals surface area contributed by atoms with Gasteiger partial charge in [-0.2, -0.15) is 0 Å². The molecule has 0 saturated carbocycles. The molecule has 0 amide bonds. The minimum absolute atomic E-state index is 0.926. The lowest BCUT2D eigenvalue weighted by Gasteiger charge is -2.09. The van der Waals surface area contributed by atoms with Crippen LogP contribution in [0.3, 0.4) is 0 Å². The first-order valence-corrected chi connectivity index (χ1v) is 10.8. The Balaban J connectivity index is 1.47. The van der Waals surface area contributed by atoms with Gasteiger partial charge in [0.05, 0.1) is 11.0 Å². The normalized spacial score (nSPS) is 11.6. The molecule has 4 aromatic carbocycles. The van der Waals surface area contributed by atoms with E-state index >= 15 is 0 Å². The first-order chi connectivity index (χ1) is 15.3. The fourth-order valence-electron chi connectivity index (χ4n) is 4.52. The lowest BCUT2D eigenvalue weighted by atomic mass is 10.0. The molecular weight excluding hydrogens is 380 g/mol. The average molecular weight is 402 g/mol. The van der Waals surface area contributed by atoms with Crippen LogP contribution in [0.4, 0.5) is 0 Å². The smallest absolute Gasteiger partial charge is 0.143 e. The summed E-state index contributed by atoms with van der Waals surface area (Å²) < 4.78 is 8.55. The highest BCUT2D eigenvalue weighted by molar-refractivity contribution is 6.09. The van der Waals surface area contributed by atoms with E-state index in [9.17, 15) is 0 Å². The van der Waals surface area contributed by atoms with Gasteiger partial charge in [-0.25, -0.2) is 4.98 Å². The highest BCUT2D eigenvalue weighted by Crippen LogP contribution is 2.36. The van der Waals surface area contributed by atoms with Crippen molar-refractivity contribution >= 4 is 33.0 Å². The molecule has 0 saturated heterocycles. The van der Waals surface area contributed by atoms with Crippen LogP contribution in [0.2, 0.25) is 0 Å². The van der Waals surface area contributed by atoms with Crippen LogP contribution in [0, 0.1) is 0 Å². The van der Waals surface area contributed by atoms with Crippen LogP contribution in [-0.2, 0) is 6.54 Å². The molecular formula is C28H22N2O. The first kappa shape index (κ1) is 18.0. The predicted molar refractivity (Wildman–Crippen MR) is 128 cm³/mol. The third-order valence-corrected chi connectivity index (χ3v) is 5.96. The minimum atomic E-state index is 0.926. The molecule has 0 aliphatic carbocycles. The van der Waals surface area contributed by atoms with Crippen LogP contribution < -0.4 is 0 Å². The van der Waals surface area contributed by atoms with Crippen LogP contribution in [0.15, 0.2) is 95.4 Å². The summed E-state index contributed by atoms with van der Waals surface area (Å²) in [7, 11) is 0. The van der Waals surface area contributed by atoms with E-state index in [1.165, 1.54) is 5.52 Å². The Kier molecular flexibility index (Phi) is 4.13. The van der Waals surface area contributed by atoms with Crippen molar-refractivity contribution in [1.82, 2.24) is 9.55 Å². The van der Waals surface area contributed by atoms with Crippen molar-refractivity contribution in [1.29, 1.82) is 0 Å². The monoisotopic (exact) mass is 402 g/mol. The molecule has 6 rings (SSSR count). The third kappa shape index (κ3) is 2.85. The van der Waals surface area contributed by atoms with Crippen molar-refractivity contribution in [3.63, 3.8) is 0 Å². The number of nitrogens with zero attached hydrogens (tertiary/aromatic N) is 2. The molecule has 0 atom stereocenters. The molecule has 2 heterocycles. The molecule has 0 aliphatic rings. The van der Waals surface area contributed by atoms with E-state index in [4.69, 9.17) is 9.40 Å². The number of hydrogen-bond acceptors (Lipinski definition) is 2. The van der Waals surface area contributed by atoms with Gasteiger partial charge in [-0.05, 0) is 30.2 Å². The second-order valence-corrected chi connectivity index (χ2v) is 7.93. The van der Waals surface area contributed by atoms with Gasteiger partial charge in [-0.3, -0.25) is 0 Å². The van der Waals surface area contributed by atoms with E-state index in [0.717, 1.165) is 62.9 Å². The quantitative estimate of drug-likeness (QED) is 0.303. The van der Waals surface area contributed by atoms with Crippen LogP contribution in [0.5, 0.6) is 0 Å². The number of hydrogen-bond donors (Lipinski definition) is 0. The number of fused-ring (bicyclic) bond motifs is 4. The van der Waals surface area contributed by atoms with E-state index < -0.39 is 0 Å². The van der Waals surface area contributed by atoms with E-state index in [1.54, 1.807) is 0 Å². The van der Waals surface area contributed by atoms with Gasteiger partial charge in [0.2, 0.25) is 0 Å². The SMILES string of the molecule is CCCn1c(-c2ccc(-c3cccc4c3oc3ccccc34)cc2)nc2ccccc21. The molecule has 3 nitrogen and oxygen atoms in total. The van der Waals surface area contributed by atoms with Gasteiger partial charge < -0.3 is 8.98 Å². The van der Waals surface area contributed by atoms with Crippen molar-refractivity contribution in [3.05, 3.63) is 91.0 Å². The van der Waals surface area contributed by atoms with Crippen molar-refractivity contribution in [2.75, 3.05) is 0 Å². The van der Waals surface area contributed by atoms with Crippen molar-refractivity contribution < 1.29 is 4.42 Å². The van der Waals surface area contributed by atoms with Crippen molar-refractivity contribution in [3.8, 4) is 22.5 Å². The Bertz CT molecular complexity index is 1540. The zero-order valence-electron chi connectivity index (χ0n) is 17.4. The van der Waals surface area contributed by atoms with E-state index in [0.29, 0.717) is 0 Å².